The molecule has 0 saturated heterocycles. The van der Waals surface area contributed by atoms with Gasteiger partial charge in [0.15, 0.2) is 5.17 Å². The summed E-state index contributed by atoms with van der Waals surface area (Å²) < 4.78 is 0. The van der Waals surface area contributed by atoms with E-state index in [2.05, 4.69) is 21.8 Å². The van der Waals surface area contributed by atoms with Gasteiger partial charge in [0.1, 0.15) is 0 Å². The Hall–Kier alpha value is -0.480. The van der Waals surface area contributed by atoms with E-state index in [0.29, 0.717) is 6.04 Å². The second kappa shape index (κ2) is 4.15. The van der Waals surface area contributed by atoms with E-state index in [0.717, 1.165) is 23.8 Å². The Labute approximate surface area is 86.2 Å². The normalized spacial score (nSPS) is 21.8. The number of nitrogens with two attached hydrogens (primary N) is 1. The maximum Gasteiger partial charge on any atom is 0.154 e. The highest BCUT2D eigenvalue weighted by molar-refractivity contribution is 8.14. The van der Waals surface area contributed by atoms with Crippen molar-refractivity contribution in [3.05, 3.63) is 22.4 Å². The number of thioether (sulfide) groups is 1. The Balaban J connectivity index is 1.81. The molecule has 0 saturated carbocycles. The van der Waals surface area contributed by atoms with Gasteiger partial charge in [0, 0.05) is 5.75 Å². The average molecular weight is 212 g/mol. The van der Waals surface area contributed by atoms with Crippen LogP contribution in [0.5, 0.6) is 0 Å². The number of amidine groups is 1. The van der Waals surface area contributed by atoms with Crippen LogP contribution < -0.4 is 5.73 Å². The van der Waals surface area contributed by atoms with Crippen molar-refractivity contribution < 1.29 is 0 Å². The molecule has 1 atom stereocenters. The van der Waals surface area contributed by atoms with Gasteiger partial charge < -0.3 is 5.73 Å². The minimum absolute atomic E-state index is 0.449. The highest BCUT2D eigenvalue weighted by atomic mass is 32.2. The molecule has 70 valence electrons. The Morgan fingerprint density at radius 3 is 3.15 bits per heavy atom. The van der Waals surface area contributed by atoms with E-state index in [4.69, 9.17) is 5.73 Å². The third-order valence-corrected chi connectivity index (χ3v) is 3.76. The van der Waals surface area contributed by atoms with E-state index in [1.807, 2.05) is 0 Å². The summed E-state index contributed by atoms with van der Waals surface area (Å²) in [4.78, 5) is 4.35. The summed E-state index contributed by atoms with van der Waals surface area (Å²) in [6, 6.07) is 2.63. The Bertz CT molecular complexity index is 293. The highest BCUT2D eigenvalue weighted by Crippen LogP contribution is 2.19. The molecule has 1 aliphatic rings. The first-order valence-electron chi connectivity index (χ1n) is 4.32. The number of nitrogens with zero attached hydrogens (tertiary/aromatic N) is 1. The van der Waals surface area contributed by atoms with Crippen LogP contribution in [-0.2, 0) is 6.42 Å². The lowest BCUT2D eigenvalue weighted by molar-refractivity contribution is 0.685. The Morgan fingerprint density at radius 2 is 2.54 bits per heavy atom. The van der Waals surface area contributed by atoms with Crippen LogP contribution in [0.1, 0.15) is 12.0 Å². The fourth-order valence-electron chi connectivity index (χ4n) is 1.35. The van der Waals surface area contributed by atoms with Gasteiger partial charge in [-0.25, -0.2) is 0 Å². The first-order chi connectivity index (χ1) is 6.34. The zero-order valence-corrected chi connectivity index (χ0v) is 8.90. The average Bonchev–Trinajstić information content (AvgIpc) is 2.71. The standard InChI is InChI=1S/C9H12N2S2/c10-9-11-8(6-13-9)2-1-7-3-4-12-5-7/h3-5,8H,1-2,6H2,(H2,10,11). The van der Waals surface area contributed by atoms with E-state index in [9.17, 15) is 0 Å². The van der Waals surface area contributed by atoms with E-state index in [1.54, 1.807) is 23.1 Å². The van der Waals surface area contributed by atoms with Crippen molar-refractivity contribution >= 4 is 28.3 Å². The van der Waals surface area contributed by atoms with Crippen molar-refractivity contribution in [1.29, 1.82) is 0 Å². The minimum Gasteiger partial charge on any atom is -0.379 e. The molecule has 1 aliphatic heterocycles. The molecule has 2 rings (SSSR count). The summed E-state index contributed by atoms with van der Waals surface area (Å²) >= 11 is 3.43. The quantitative estimate of drug-likeness (QED) is 0.833. The molecule has 0 fully saturated rings. The van der Waals surface area contributed by atoms with Crippen molar-refractivity contribution in [3.8, 4) is 0 Å². The second-order valence-electron chi connectivity index (χ2n) is 3.10. The van der Waals surface area contributed by atoms with Crippen molar-refractivity contribution in [2.24, 2.45) is 10.7 Å². The maximum atomic E-state index is 5.59. The summed E-state index contributed by atoms with van der Waals surface area (Å²) in [7, 11) is 0. The summed E-state index contributed by atoms with van der Waals surface area (Å²) in [5.41, 5.74) is 7.02. The van der Waals surface area contributed by atoms with Gasteiger partial charge in [-0.2, -0.15) is 11.3 Å². The molecular weight excluding hydrogens is 200 g/mol. The number of hydrogen-bond acceptors (Lipinski definition) is 4. The summed E-state index contributed by atoms with van der Waals surface area (Å²) in [6.45, 7) is 0. The third kappa shape index (κ3) is 2.48. The molecule has 0 aromatic carbocycles. The summed E-state index contributed by atoms with van der Waals surface area (Å²) in [6.07, 6.45) is 2.26. The first-order valence-corrected chi connectivity index (χ1v) is 6.24. The number of aryl methyl sites for hydroxylation is 1. The van der Waals surface area contributed by atoms with Crippen LogP contribution in [0.4, 0.5) is 0 Å². The van der Waals surface area contributed by atoms with Crippen molar-refractivity contribution in [3.63, 3.8) is 0 Å². The number of rotatable bonds is 3. The molecule has 0 bridgehead atoms. The molecule has 0 aliphatic carbocycles. The second-order valence-corrected chi connectivity index (χ2v) is 4.92. The fraction of sp³-hybridized carbons (Fsp3) is 0.444. The predicted octanol–water partition coefficient (Wildman–Crippen LogP) is 2.11. The van der Waals surface area contributed by atoms with Gasteiger partial charge in [-0.1, -0.05) is 11.8 Å². The fourth-order valence-corrected chi connectivity index (χ4v) is 2.88. The zero-order chi connectivity index (χ0) is 9.10. The molecule has 0 radical (unpaired) electrons. The summed E-state index contributed by atoms with van der Waals surface area (Å²) in [5.74, 6) is 1.07. The van der Waals surface area contributed by atoms with Gasteiger partial charge in [0.2, 0.25) is 0 Å². The predicted molar refractivity (Wildman–Crippen MR) is 60.5 cm³/mol. The van der Waals surface area contributed by atoms with Crippen molar-refractivity contribution in [1.82, 2.24) is 0 Å². The lowest BCUT2D eigenvalue weighted by Crippen LogP contribution is -2.05. The molecule has 4 heteroatoms. The van der Waals surface area contributed by atoms with Gasteiger partial charge in [-0.05, 0) is 35.2 Å². The van der Waals surface area contributed by atoms with Gasteiger partial charge >= 0.3 is 0 Å². The van der Waals surface area contributed by atoms with Crippen LogP contribution in [0.3, 0.4) is 0 Å². The SMILES string of the molecule is NC1=NC(CCc2ccsc2)CS1. The topological polar surface area (TPSA) is 38.4 Å². The number of thiophene rings is 1. The van der Waals surface area contributed by atoms with Gasteiger partial charge in [-0.3, -0.25) is 4.99 Å². The van der Waals surface area contributed by atoms with Crippen LogP contribution in [-0.4, -0.2) is 17.0 Å². The molecule has 0 spiro atoms. The lowest BCUT2D eigenvalue weighted by atomic mass is 10.1. The summed E-state index contributed by atoms with van der Waals surface area (Å²) in [5, 5.41) is 5.08. The molecule has 1 aromatic heterocycles. The van der Waals surface area contributed by atoms with E-state index < -0.39 is 0 Å². The first kappa shape index (κ1) is 9.09. The molecule has 0 amide bonds. The molecule has 1 aromatic rings. The largest absolute Gasteiger partial charge is 0.379 e. The van der Waals surface area contributed by atoms with Gasteiger partial charge in [-0.15, -0.1) is 0 Å². The Morgan fingerprint density at radius 1 is 1.62 bits per heavy atom. The lowest BCUT2D eigenvalue weighted by Gasteiger charge is -2.02. The minimum atomic E-state index is 0.449. The zero-order valence-electron chi connectivity index (χ0n) is 7.27. The van der Waals surface area contributed by atoms with E-state index in [1.165, 1.54) is 5.56 Å². The van der Waals surface area contributed by atoms with E-state index in [-0.39, 0.29) is 0 Å². The van der Waals surface area contributed by atoms with E-state index >= 15 is 0 Å². The van der Waals surface area contributed by atoms with Gasteiger partial charge in [0.25, 0.3) is 0 Å². The van der Waals surface area contributed by atoms with Crippen LogP contribution in [0.2, 0.25) is 0 Å². The van der Waals surface area contributed by atoms with Crippen LogP contribution in [0.25, 0.3) is 0 Å². The highest BCUT2D eigenvalue weighted by Gasteiger charge is 2.15. The van der Waals surface area contributed by atoms with Crippen molar-refractivity contribution in [2.45, 2.75) is 18.9 Å². The molecule has 1 unspecified atom stereocenters. The maximum absolute atomic E-state index is 5.59. The number of aliphatic imine (C=N–C) groups is 1. The van der Waals surface area contributed by atoms with Crippen LogP contribution >= 0.6 is 23.1 Å². The van der Waals surface area contributed by atoms with Crippen molar-refractivity contribution in [2.75, 3.05) is 5.75 Å². The molecule has 13 heavy (non-hydrogen) atoms. The molecule has 2 heterocycles. The molecule has 2 N–H and O–H groups in total. The smallest absolute Gasteiger partial charge is 0.154 e. The number of hydrogen-bond donors (Lipinski definition) is 1. The Kier molecular flexibility index (Phi) is 2.90. The van der Waals surface area contributed by atoms with Gasteiger partial charge in [0.05, 0.1) is 6.04 Å². The van der Waals surface area contributed by atoms with Crippen LogP contribution in [0.15, 0.2) is 21.8 Å². The van der Waals surface area contributed by atoms with Crippen LogP contribution in [0, 0.1) is 0 Å². The third-order valence-electron chi connectivity index (χ3n) is 2.08. The molecular formula is C9H12N2S2. The molecule has 2 nitrogen and oxygen atoms in total. The monoisotopic (exact) mass is 212 g/mol.